The zero-order valence-electron chi connectivity index (χ0n) is 13.7. The van der Waals surface area contributed by atoms with Crippen LogP contribution in [0.1, 0.15) is 23.7 Å². The molecule has 134 valence electrons. The Morgan fingerprint density at radius 1 is 1.40 bits per heavy atom. The molecule has 1 saturated heterocycles. The number of anilines is 2. The van der Waals surface area contributed by atoms with Crippen LogP contribution in [0.15, 0.2) is 29.2 Å². The first-order valence-corrected chi connectivity index (χ1v) is 9.36. The monoisotopic (exact) mass is 380 g/mol. The molecule has 1 aromatic carbocycles. The maximum atomic E-state index is 11.6. The van der Waals surface area contributed by atoms with E-state index in [1.54, 1.807) is 18.2 Å². The standard InChI is InChI=1S/C16H19ClN5O2S/c1-10-7-15(21-16(18)20-10)22-5-2-6-24-9-14(22)12-8-11(25(19)23)3-4-13(12)17/h3-4,7-8,14,19H,2,5-6,9H2,1H3,(H2,18,20,21)/q-1/t14-/m0/s1. The topological polar surface area (TPSA) is 105 Å². The first kappa shape index (κ1) is 17.9. The quantitative estimate of drug-likeness (QED) is 0.792. The first-order chi connectivity index (χ1) is 12.0. The minimum absolute atomic E-state index is 0.214. The predicted molar refractivity (Wildman–Crippen MR) is 97.2 cm³/mol. The van der Waals surface area contributed by atoms with Crippen molar-refractivity contribution in [2.24, 2.45) is 0 Å². The summed E-state index contributed by atoms with van der Waals surface area (Å²) in [5, 5.41) is 0.536. The highest BCUT2D eigenvalue weighted by Gasteiger charge is 2.26. The van der Waals surface area contributed by atoms with Crippen LogP contribution >= 0.6 is 11.6 Å². The van der Waals surface area contributed by atoms with Gasteiger partial charge in [-0.15, -0.1) is 0 Å². The normalized spacial score (nSPS) is 18.4. The molecule has 25 heavy (non-hydrogen) atoms. The SMILES string of the molecule is Cc1cc(N2CCCOC[C@H]2c2cc([S-](=N)=O)ccc2Cl)nc(N)n1. The van der Waals surface area contributed by atoms with Gasteiger partial charge in [0.25, 0.3) is 0 Å². The molecule has 9 heteroatoms. The molecule has 0 aliphatic carbocycles. The second-order valence-corrected chi connectivity index (χ2v) is 7.23. The van der Waals surface area contributed by atoms with Crippen molar-refractivity contribution in [2.75, 3.05) is 30.4 Å². The van der Waals surface area contributed by atoms with Crippen molar-refractivity contribution in [2.45, 2.75) is 24.3 Å². The smallest absolute Gasteiger partial charge is 0.222 e. The van der Waals surface area contributed by atoms with Crippen LogP contribution in [0.25, 0.3) is 0 Å². The number of benzene rings is 1. The number of rotatable bonds is 3. The Morgan fingerprint density at radius 3 is 2.92 bits per heavy atom. The molecule has 1 atom stereocenters. The fourth-order valence-electron chi connectivity index (χ4n) is 2.92. The molecule has 0 unspecified atom stereocenters. The van der Waals surface area contributed by atoms with Crippen LogP contribution in [0.4, 0.5) is 11.8 Å². The highest BCUT2D eigenvalue weighted by molar-refractivity contribution is 7.73. The fourth-order valence-corrected chi connectivity index (χ4v) is 3.59. The molecule has 1 fully saturated rings. The van der Waals surface area contributed by atoms with Crippen molar-refractivity contribution >= 4 is 34.0 Å². The molecule has 0 spiro atoms. The van der Waals surface area contributed by atoms with E-state index in [1.807, 2.05) is 13.0 Å². The van der Waals surface area contributed by atoms with Gasteiger partial charge in [0.15, 0.2) is 0 Å². The number of nitrogen functional groups attached to an aromatic ring is 1. The van der Waals surface area contributed by atoms with Gasteiger partial charge in [0.05, 0.1) is 12.6 Å². The molecule has 1 aliphatic heterocycles. The number of halogens is 1. The lowest BCUT2D eigenvalue weighted by atomic mass is 10.1. The summed E-state index contributed by atoms with van der Waals surface area (Å²) in [4.78, 5) is 11.0. The Morgan fingerprint density at radius 2 is 2.20 bits per heavy atom. The average Bonchev–Trinajstić information content (AvgIpc) is 2.80. The highest BCUT2D eigenvalue weighted by atomic mass is 35.5. The Hall–Kier alpha value is -1.90. The van der Waals surface area contributed by atoms with Gasteiger partial charge < -0.3 is 24.4 Å². The Balaban J connectivity index is 2.08. The van der Waals surface area contributed by atoms with Crippen molar-refractivity contribution in [3.63, 3.8) is 0 Å². The van der Waals surface area contributed by atoms with Gasteiger partial charge in [0, 0.05) is 29.9 Å². The Bertz CT molecular complexity index is 830. The first-order valence-electron chi connectivity index (χ1n) is 7.83. The van der Waals surface area contributed by atoms with E-state index >= 15 is 0 Å². The van der Waals surface area contributed by atoms with Crippen LogP contribution in [0.2, 0.25) is 5.02 Å². The molecular weight excluding hydrogens is 362 g/mol. The predicted octanol–water partition coefficient (Wildman–Crippen LogP) is 3.07. The van der Waals surface area contributed by atoms with Gasteiger partial charge in [-0.2, -0.15) is 15.6 Å². The summed E-state index contributed by atoms with van der Waals surface area (Å²) >= 11 is 6.40. The lowest BCUT2D eigenvalue weighted by Crippen LogP contribution is -2.32. The second-order valence-electron chi connectivity index (χ2n) is 5.82. The third-order valence-electron chi connectivity index (χ3n) is 4.03. The highest BCUT2D eigenvalue weighted by Crippen LogP contribution is 2.34. The third-order valence-corrected chi connectivity index (χ3v) is 5.06. The van der Waals surface area contributed by atoms with E-state index in [9.17, 15) is 4.21 Å². The lowest BCUT2D eigenvalue weighted by molar-refractivity contribution is 0.134. The molecule has 0 bridgehead atoms. The summed E-state index contributed by atoms with van der Waals surface area (Å²) in [5.41, 5.74) is 7.35. The number of hydrogen-bond acceptors (Lipinski definition) is 8. The zero-order valence-corrected chi connectivity index (χ0v) is 15.3. The van der Waals surface area contributed by atoms with Gasteiger partial charge in [-0.25, -0.2) is 4.98 Å². The summed E-state index contributed by atoms with van der Waals surface area (Å²) < 4.78 is 24.7. The van der Waals surface area contributed by atoms with Gasteiger partial charge in [-0.3, -0.25) is 0 Å². The van der Waals surface area contributed by atoms with Crippen molar-refractivity contribution in [1.82, 2.24) is 9.97 Å². The van der Waals surface area contributed by atoms with E-state index < -0.39 is 10.6 Å². The Kier molecular flexibility index (Phi) is 5.41. The van der Waals surface area contributed by atoms with E-state index in [0.29, 0.717) is 35.5 Å². The maximum Gasteiger partial charge on any atom is 0.222 e. The van der Waals surface area contributed by atoms with E-state index in [2.05, 4.69) is 14.9 Å². The van der Waals surface area contributed by atoms with Crippen molar-refractivity contribution in [3.05, 3.63) is 40.5 Å². The summed E-state index contributed by atoms with van der Waals surface area (Å²) in [7, 11) is -1.83. The number of nitrogens with zero attached hydrogens (tertiary/aromatic N) is 3. The molecular formula is C16H19ClN5O2S-. The van der Waals surface area contributed by atoms with E-state index in [0.717, 1.165) is 17.7 Å². The van der Waals surface area contributed by atoms with Crippen LogP contribution < -0.4 is 10.6 Å². The summed E-state index contributed by atoms with van der Waals surface area (Å²) in [6, 6.07) is 6.63. The summed E-state index contributed by atoms with van der Waals surface area (Å²) in [6.07, 6.45) is 0.834. The molecule has 1 aromatic heterocycles. The number of aromatic nitrogens is 2. The average molecular weight is 381 g/mol. The summed E-state index contributed by atoms with van der Waals surface area (Å²) in [5.74, 6) is 0.917. The number of nitrogens with two attached hydrogens (primary N) is 1. The van der Waals surface area contributed by atoms with Crippen LogP contribution in [-0.4, -0.2) is 29.7 Å². The molecule has 2 heterocycles. The van der Waals surface area contributed by atoms with Crippen molar-refractivity contribution in [3.8, 4) is 0 Å². The molecule has 3 N–H and O–H groups in total. The minimum Gasteiger partial charge on any atom is -0.440 e. The Labute approximate surface area is 153 Å². The van der Waals surface area contributed by atoms with Crippen molar-refractivity contribution < 1.29 is 8.95 Å². The molecule has 1 aliphatic rings. The van der Waals surface area contributed by atoms with Gasteiger partial charge in [0.1, 0.15) is 5.82 Å². The van der Waals surface area contributed by atoms with E-state index in [-0.39, 0.29) is 12.0 Å². The van der Waals surface area contributed by atoms with Crippen LogP contribution in [0.5, 0.6) is 0 Å². The molecule has 0 radical (unpaired) electrons. The molecule has 0 amide bonds. The van der Waals surface area contributed by atoms with Crippen LogP contribution in [0, 0.1) is 11.7 Å². The largest absolute Gasteiger partial charge is 0.440 e. The summed E-state index contributed by atoms with van der Waals surface area (Å²) in [6.45, 7) is 3.62. The van der Waals surface area contributed by atoms with Crippen molar-refractivity contribution in [1.29, 1.82) is 4.78 Å². The number of hydrogen-bond donors (Lipinski definition) is 2. The third kappa shape index (κ3) is 4.02. The number of nitrogens with one attached hydrogen (secondary N) is 1. The van der Waals surface area contributed by atoms with Gasteiger partial charge >= 0.3 is 0 Å². The fraction of sp³-hybridized carbons (Fsp3) is 0.375. The maximum absolute atomic E-state index is 11.6. The molecule has 0 saturated carbocycles. The van der Waals surface area contributed by atoms with Crippen LogP contribution in [-0.2, 0) is 19.5 Å². The lowest BCUT2D eigenvalue weighted by Gasteiger charge is -2.32. The number of aryl methyl sites for hydroxylation is 1. The second kappa shape index (κ2) is 7.55. The van der Waals surface area contributed by atoms with Gasteiger partial charge in [-0.05, 0) is 25.0 Å². The zero-order chi connectivity index (χ0) is 18.0. The molecule has 2 aromatic rings. The molecule has 7 nitrogen and oxygen atoms in total. The number of ether oxygens (including phenoxy) is 1. The van der Waals surface area contributed by atoms with E-state index in [4.69, 9.17) is 26.9 Å². The van der Waals surface area contributed by atoms with Crippen LogP contribution in [0.3, 0.4) is 0 Å². The van der Waals surface area contributed by atoms with Gasteiger partial charge in [0.2, 0.25) is 5.95 Å². The van der Waals surface area contributed by atoms with Gasteiger partial charge in [-0.1, -0.05) is 28.6 Å². The molecule has 3 rings (SSSR count). The van der Waals surface area contributed by atoms with E-state index in [1.165, 1.54) is 0 Å². The minimum atomic E-state index is -1.83.